The molecule has 0 saturated carbocycles. The van der Waals surface area contributed by atoms with Gasteiger partial charge in [-0.05, 0) is 29.0 Å². The van der Waals surface area contributed by atoms with E-state index in [2.05, 4.69) is 10.3 Å². The number of carbonyl (C=O) groups is 1. The fourth-order valence-electron chi connectivity index (χ4n) is 2.21. The van der Waals surface area contributed by atoms with E-state index in [1.165, 1.54) is 0 Å². The van der Waals surface area contributed by atoms with Gasteiger partial charge in [-0.1, -0.05) is 36.4 Å². The maximum atomic E-state index is 11.9. The number of pyridine rings is 1. The lowest BCUT2D eigenvalue weighted by Crippen LogP contribution is -2.26. The van der Waals surface area contributed by atoms with Crippen LogP contribution in [0, 0.1) is 0 Å². The Labute approximate surface area is 133 Å². The summed E-state index contributed by atoms with van der Waals surface area (Å²) in [4.78, 5) is 16.1. The Morgan fingerprint density at radius 1 is 1.04 bits per heavy atom. The molecule has 0 aliphatic rings. The number of benzene rings is 2. The molecule has 0 bridgehead atoms. The summed E-state index contributed by atoms with van der Waals surface area (Å²) >= 11 is 0. The van der Waals surface area contributed by atoms with Crippen molar-refractivity contribution >= 4 is 16.9 Å². The van der Waals surface area contributed by atoms with Gasteiger partial charge >= 0.3 is 6.09 Å². The molecule has 0 aliphatic carbocycles. The van der Waals surface area contributed by atoms with Crippen molar-refractivity contribution in [2.75, 3.05) is 7.11 Å². The van der Waals surface area contributed by atoms with E-state index in [-0.39, 0.29) is 6.54 Å². The van der Waals surface area contributed by atoms with Gasteiger partial charge in [0, 0.05) is 6.07 Å². The number of hydrogen-bond donors (Lipinski definition) is 1. The zero-order valence-corrected chi connectivity index (χ0v) is 12.7. The molecule has 0 unspecified atom stereocenters. The molecule has 3 rings (SSSR count). The molecule has 0 atom stereocenters. The molecular weight excluding hydrogens is 292 g/mol. The number of nitrogens with one attached hydrogen (secondary N) is 1. The van der Waals surface area contributed by atoms with Gasteiger partial charge in [-0.15, -0.1) is 0 Å². The first kappa shape index (κ1) is 14.8. The zero-order chi connectivity index (χ0) is 16.1. The number of methoxy groups -OCH3 is 1. The Hall–Kier alpha value is -3.08. The van der Waals surface area contributed by atoms with Crippen LogP contribution >= 0.6 is 0 Å². The molecule has 1 aromatic heterocycles. The van der Waals surface area contributed by atoms with Gasteiger partial charge in [0.05, 0.1) is 19.3 Å². The van der Waals surface area contributed by atoms with Gasteiger partial charge in [0.25, 0.3) is 0 Å². The van der Waals surface area contributed by atoms with Crippen molar-refractivity contribution in [2.24, 2.45) is 0 Å². The fourth-order valence-corrected chi connectivity index (χ4v) is 2.21. The lowest BCUT2D eigenvalue weighted by molar-refractivity contribution is 0.200. The van der Waals surface area contributed by atoms with Gasteiger partial charge in [-0.3, -0.25) is 0 Å². The van der Waals surface area contributed by atoms with E-state index in [1.807, 2.05) is 42.5 Å². The van der Waals surface area contributed by atoms with Crippen molar-refractivity contribution in [1.82, 2.24) is 10.3 Å². The minimum atomic E-state index is -0.523. The van der Waals surface area contributed by atoms with E-state index in [4.69, 9.17) is 9.47 Å². The van der Waals surface area contributed by atoms with Crippen molar-refractivity contribution in [3.8, 4) is 11.6 Å². The predicted octanol–water partition coefficient (Wildman–Crippen LogP) is 3.53. The highest BCUT2D eigenvalue weighted by atomic mass is 16.6. The standard InChI is InChI=1S/C18H16N2O3/c1-22-17-8-4-7-15(20-17)12-19-18(21)23-16-10-9-13-5-2-3-6-14(13)11-16/h2-11H,12H2,1H3,(H,19,21). The molecule has 0 spiro atoms. The lowest BCUT2D eigenvalue weighted by Gasteiger charge is -2.08. The van der Waals surface area contributed by atoms with Crippen LogP contribution in [-0.4, -0.2) is 18.2 Å². The zero-order valence-electron chi connectivity index (χ0n) is 12.7. The highest BCUT2D eigenvalue weighted by Crippen LogP contribution is 2.20. The number of rotatable bonds is 4. The highest BCUT2D eigenvalue weighted by Gasteiger charge is 2.06. The van der Waals surface area contributed by atoms with Crippen LogP contribution in [0.2, 0.25) is 0 Å². The SMILES string of the molecule is COc1cccc(CNC(=O)Oc2ccc3ccccc3c2)n1. The average molecular weight is 308 g/mol. The number of aromatic nitrogens is 1. The minimum Gasteiger partial charge on any atom is -0.481 e. The van der Waals surface area contributed by atoms with Crippen LogP contribution in [0.3, 0.4) is 0 Å². The molecule has 0 radical (unpaired) electrons. The molecule has 1 N–H and O–H groups in total. The van der Waals surface area contributed by atoms with Crippen molar-refractivity contribution < 1.29 is 14.3 Å². The van der Waals surface area contributed by atoms with Crippen LogP contribution < -0.4 is 14.8 Å². The Bertz CT molecular complexity index is 833. The summed E-state index contributed by atoms with van der Waals surface area (Å²) in [6.07, 6.45) is -0.523. The summed E-state index contributed by atoms with van der Waals surface area (Å²) in [5.74, 6) is 1.01. The Morgan fingerprint density at radius 3 is 2.70 bits per heavy atom. The molecule has 2 aromatic carbocycles. The van der Waals surface area contributed by atoms with E-state index in [1.54, 1.807) is 25.3 Å². The first-order valence-electron chi connectivity index (χ1n) is 7.19. The van der Waals surface area contributed by atoms with Gasteiger partial charge in [0.15, 0.2) is 0 Å². The topological polar surface area (TPSA) is 60.5 Å². The second-order valence-corrected chi connectivity index (χ2v) is 4.92. The summed E-state index contributed by atoms with van der Waals surface area (Å²) in [6, 6.07) is 18.8. The summed E-state index contributed by atoms with van der Waals surface area (Å²) in [6.45, 7) is 0.267. The van der Waals surface area contributed by atoms with Crippen LogP contribution in [0.15, 0.2) is 60.7 Å². The fraction of sp³-hybridized carbons (Fsp3) is 0.111. The maximum absolute atomic E-state index is 11.9. The highest BCUT2D eigenvalue weighted by molar-refractivity contribution is 5.84. The molecule has 1 amide bonds. The van der Waals surface area contributed by atoms with Gasteiger partial charge in [0.2, 0.25) is 5.88 Å². The van der Waals surface area contributed by atoms with Crippen molar-refractivity contribution in [1.29, 1.82) is 0 Å². The first-order valence-corrected chi connectivity index (χ1v) is 7.19. The van der Waals surface area contributed by atoms with E-state index < -0.39 is 6.09 Å². The Balaban J connectivity index is 1.61. The molecular formula is C18H16N2O3. The van der Waals surface area contributed by atoms with Gasteiger partial charge in [-0.25, -0.2) is 9.78 Å². The van der Waals surface area contributed by atoms with Crippen LogP contribution in [0.1, 0.15) is 5.69 Å². The second-order valence-electron chi connectivity index (χ2n) is 4.92. The van der Waals surface area contributed by atoms with Gasteiger partial charge in [-0.2, -0.15) is 0 Å². The van der Waals surface area contributed by atoms with Crippen molar-refractivity contribution in [2.45, 2.75) is 6.54 Å². The number of nitrogens with zero attached hydrogens (tertiary/aromatic N) is 1. The Kier molecular flexibility index (Phi) is 4.38. The van der Waals surface area contributed by atoms with Gasteiger partial charge in [0.1, 0.15) is 5.75 Å². The van der Waals surface area contributed by atoms with E-state index in [9.17, 15) is 4.79 Å². The van der Waals surface area contributed by atoms with Crippen molar-refractivity contribution in [3.63, 3.8) is 0 Å². The molecule has 23 heavy (non-hydrogen) atoms. The van der Waals surface area contributed by atoms with E-state index in [0.717, 1.165) is 10.8 Å². The Morgan fingerprint density at radius 2 is 1.87 bits per heavy atom. The van der Waals surface area contributed by atoms with E-state index >= 15 is 0 Å². The molecule has 0 aliphatic heterocycles. The van der Waals surface area contributed by atoms with Gasteiger partial charge < -0.3 is 14.8 Å². The normalized spacial score (nSPS) is 10.3. The number of amides is 1. The average Bonchev–Trinajstić information content (AvgIpc) is 2.60. The molecule has 116 valence electrons. The number of fused-ring (bicyclic) bond motifs is 1. The third-order valence-corrected chi connectivity index (χ3v) is 3.34. The summed E-state index contributed by atoms with van der Waals surface area (Å²) in [5, 5.41) is 4.79. The summed E-state index contributed by atoms with van der Waals surface area (Å²) in [5.41, 5.74) is 0.694. The van der Waals surface area contributed by atoms with Crippen molar-refractivity contribution in [3.05, 3.63) is 66.4 Å². The summed E-state index contributed by atoms with van der Waals surface area (Å²) in [7, 11) is 1.55. The minimum absolute atomic E-state index is 0.267. The molecule has 1 heterocycles. The first-order chi connectivity index (χ1) is 11.2. The number of hydrogen-bond acceptors (Lipinski definition) is 4. The molecule has 3 aromatic rings. The second kappa shape index (κ2) is 6.79. The maximum Gasteiger partial charge on any atom is 0.412 e. The predicted molar refractivity (Wildman–Crippen MR) is 87.6 cm³/mol. The molecule has 5 heteroatoms. The lowest BCUT2D eigenvalue weighted by atomic mass is 10.1. The molecule has 0 saturated heterocycles. The van der Waals surface area contributed by atoms with Crippen LogP contribution in [0.4, 0.5) is 4.79 Å². The quantitative estimate of drug-likeness (QED) is 0.801. The third-order valence-electron chi connectivity index (χ3n) is 3.34. The molecule has 0 fully saturated rings. The number of carbonyl (C=O) groups excluding carboxylic acids is 1. The van der Waals surface area contributed by atoms with Crippen LogP contribution in [0.5, 0.6) is 11.6 Å². The monoisotopic (exact) mass is 308 g/mol. The molecule has 5 nitrogen and oxygen atoms in total. The largest absolute Gasteiger partial charge is 0.481 e. The summed E-state index contributed by atoms with van der Waals surface area (Å²) < 4.78 is 10.3. The third kappa shape index (κ3) is 3.77. The number of ether oxygens (including phenoxy) is 2. The van der Waals surface area contributed by atoms with Crippen LogP contribution in [0.25, 0.3) is 10.8 Å². The van der Waals surface area contributed by atoms with Crippen LogP contribution in [-0.2, 0) is 6.54 Å². The smallest absolute Gasteiger partial charge is 0.412 e. The van der Waals surface area contributed by atoms with E-state index in [0.29, 0.717) is 17.3 Å².